The van der Waals surface area contributed by atoms with Crippen molar-refractivity contribution >= 4 is 0 Å². The van der Waals surface area contributed by atoms with Crippen LogP contribution in [0.15, 0.2) is 0 Å². The van der Waals surface area contributed by atoms with Gasteiger partial charge in [-0.25, -0.2) is 0 Å². The van der Waals surface area contributed by atoms with Crippen LogP contribution in [0.3, 0.4) is 0 Å². The van der Waals surface area contributed by atoms with Gasteiger partial charge in [0.2, 0.25) is 0 Å². The van der Waals surface area contributed by atoms with Crippen molar-refractivity contribution in [2.45, 2.75) is 32.0 Å². The monoisotopic (exact) mass is 134 g/mol. The highest BCUT2D eigenvalue weighted by Crippen LogP contribution is 1.99. The maximum Gasteiger partial charge on any atom is 0.0771 e. The van der Waals surface area contributed by atoms with Crippen LogP contribution in [0.5, 0.6) is 0 Å². The van der Waals surface area contributed by atoms with Crippen molar-refractivity contribution in [3.05, 3.63) is 0 Å². The van der Waals surface area contributed by atoms with Gasteiger partial charge in [-0.05, 0) is 19.8 Å². The van der Waals surface area contributed by atoms with Crippen molar-refractivity contribution in [2.24, 2.45) is 0 Å². The number of aliphatic hydroxyl groups is 3. The lowest BCUT2D eigenvalue weighted by Crippen LogP contribution is -2.14. The average Bonchev–Trinajstić information content (AvgIpc) is 1.83. The molecule has 0 bridgehead atoms. The number of hydrogen-bond acceptors (Lipinski definition) is 3. The van der Waals surface area contributed by atoms with Gasteiger partial charge in [0.15, 0.2) is 0 Å². The maximum absolute atomic E-state index is 8.75. The average molecular weight is 134 g/mol. The number of aliphatic hydroxyl groups excluding tert-OH is 3. The molecule has 0 aromatic heterocycles. The van der Waals surface area contributed by atoms with E-state index in [1.165, 1.54) is 0 Å². The molecule has 56 valence electrons. The molecule has 0 rings (SSSR count). The van der Waals surface area contributed by atoms with Gasteiger partial charge in [-0.15, -0.1) is 0 Å². The summed E-state index contributed by atoms with van der Waals surface area (Å²) in [5.74, 6) is 0. The van der Waals surface area contributed by atoms with Crippen LogP contribution in [-0.2, 0) is 0 Å². The zero-order valence-corrected chi connectivity index (χ0v) is 5.62. The Labute approximate surface area is 54.9 Å². The van der Waals surface area contributed by atoms with E-state index >= 15 is 0 Å². The summed E-state index contributed by atoms with van der Waals surface area (Å²) >= 11 is 0. The molecule has 0 amide bonds. The number of rotatable bonds is 4. The minimum absolute atomic E-state index is 0.216. The van der Waals surface area contributed by atoms with E-state index in [1.54, 1.807) is 6.92 Å². The highest BCUT2D eigenvalue weighted by atomic mass is 16.3. The van der Waals surface area contributed by atoms with Crippen molar-refractivity contribution in [2.75, 3.05) is 6.61 Å². The lowest BCUT2D eigenvalue weighted by Gasteiger charge is -2.07. The predicted octanol–water partition coefficient (Wildman–Crippen LogP) is -0.499. The van der Waals surface area contributed by atoms with E-state index in [4.69, 9.17) is 15.3 Å². The van der Waals surface area contributed by atoms with Crippen molar-refractivity contribution in [3.63, 3.8) is 0 Å². The maximum atomic E-state index is 8.75. The van der Waals surface area contributed by atoms with Gasteiger partial charge in [0.25, 0.3) is 0 Å². The van der Waals surface area contributed by atoms with Crippen molar-refractivity contribution in [1.82, 2.24) is 0 Å². The van der Waals surface area contributed by atoms with E-state index in [1.807, 2.05) is 0 Å². The van der Waals surface area contributed by atoms with Gasteiger partial charge in [-0.2, -0.15) is 0 Å². The highest BCUT2D eigenvalue weighted by Gasteiger charge is 2.02. The molecule has 0 fully saturated rings. The van der Waals surface area contributed by atoms with Crippen LogP contribution in [0.25, 0.3) is 0 Å². The van der Waals surface area contributed by atoms with E-state index in [-0.39, 0.29) is 12.7 Å². The summed E-state index contributed by atoms with van der Waals surface area (Å²) in [7, 11) is 0. The summed E-state index contributed by atoms with van der Waals surface area (Å²) < 4.78 is 0. The molecule has 3 N–H and O–H groups in total. The SMILES string of the molecule is C[C@H](O)CC[C@H](O)CO. The fraction of sp³-hybridized carbons (Fsp3) is 1.00. The number of hydrogen-bond donors (Lipinski definition) is 3. The summed E-state index contributed by atoms with van der Waals surface area (Å²) in [6.07, 6.45) is -0.0404. The van der Waals surface area contributed by atoms with E-state index in [9.17, 15) is 0 Å². The Morgan fingerprint density at radius 1 is 1.22 bits per heavy atom. The molecular formula is C6H14O3. The topological polar surface area (TPSA) is 60.7 Å². The molecule has 0 radical (unpaired) electrons. The van der Waals surface area contributed by atoms with Gasteiger partial charge < -0.3 is 15.3 Å². The Kier molecular flexibility index (Phi) is 4.67. The molecule has 0 unspecified atom stereocenters. The zero-order valence-electron chi connectivity index (χ0n) is 5.62. The normalized spacial score (nSPS) is 17.3. The second kappa shape index (κ2) is 4.73. The molecule has 0 heterocycles. The smallest absolute Gasteiger partial charge is 0.0771 e. The Morgan fingerprint density at radius 3 is 2.11 bits per heavy atom. The van der Waals surface area contributed by atoms with Gasteiger partial charge in [-0.3, -0.25) is 0 Å². The van der Waals surface area contributed by atoms with Crippen LogP contribution in [0.2, 0.25) is 0 Å². The molecule has 0 aliphatic heterocycles. The molecule has 0 saturated heterocycles. The van der Waals surface area contributed by atoms with Gasteiger partial charge in [0.1, 0.15) is 0 Å². The molecule has 0 saturated carbocycles. The first-order valence-electron chi connectivity index (χ1n) is 3.13. The standard InChI is InChI=1S/C6H14O3/c1-5(8)2-3-6(9)4-7/h5-9H,2-4H2,1H3/t5-,6-/m0/s1. The van der Waals surface area contributed by atoms with Crippen LogP contribution in [0.4, 0.5) is 0 Å². The molecule has 3 heteroatoms. The van der Waals surface area contributed by atoms with Crippen molar-refractivity contribution in [3.8, 4) is 0 Å². The van der Waals surface area contributed by atoms with Crippen LogP contribution >= 0.6 is 0 Å². The summed E-state index contributed by atoms with van der Waals surface area (Å²) in [6, 6.07) is 0. The zero-order chi connectivity index (χ0) is 7.28. The Morgan fingerprint density at radius 2 is 1.78 bits per heavy atom. The van der Waals surface area contributed by atoms with Crippen LogP contribution in [0, 0.1) is 0 Å². The Balaban J connectivity index is 3.06. The Hall–Kier alpha value is -0.120. The summed E-state index contributed by atoms with van der Waals surface area (Å²) in [5, 5.41) is 25.8. The lowest BCUT2D eigenvalue weighted by atomic mass is 10.1. The highest BCUT2D eigenvalue weighted by molar-refractivity contribution is 4.55. The molecule has 9 heavy (non-hydrogen) atoms. The molecule has 0 aromatic rings. The third-order valence-corrected chi connectivity index (χ3v) is 1.13. The quantitative estimate of drug-likeness (QED) is 0.486. The lowest BCUT2D eigenvalue weighted by molar-refractivity contribution is 0.0717. The van der Waals surface area contributed by atoms with E-state index < -0.39 is 6.10 Å². The third kappa shape index (κ3) is 5.76. The molecule has 0 spiro atoms. The van der Waals surface area contributed by atoms with Gasteiger partial charge in [0, 0.05) is 0 Å². The molecule has 0 aliphatic rings. The Bertz CT molecular complexity index is 63.3. The first-order chi connectivity index (χ1) is 4.16. The molecule has 0 aromatic carbocycles. The molecule has 2 atom stereocenters. The van der Waals surface area contributed by atoms with Crippen LogP contribution in [0.1, 0.15) is 19.8 Å². The fourth-order valence-corrected chi connectivity index (χ4v) is 0.525. The largest absolute Gasteiger partial charge is 0.394 e. The minimum atomic E-state index is -0.667. The van der Waals surface area contributed by atoms with Crippen LogP contribution < -0.4 is 0 Å². The molecular weight excluding hydrogens is 120 g/mol. The summed E-state index contributed by atoms with van der Waals surface area (Å²) in [4.78, 5) is 0. The summed E-state index contributed by atoms with van der Waals surface area (Å²) in [6.45, 7) is 1.44. The minimum Gasteiger partial charge on any atom is -0.394 e. The van der Waals surface area contributed by atoms with E-state index in [2.05, 4.69) is 0 Å². The first-order valence-corrected chi connectivity index (χ1v) is 3.13. The van der Waals surface area contributed by atoms with Crippen molar-refractivity contribution < 1.29 is 15.3 Å². The van der Waals surface area contributed by atoms with Gasteiger partial charge >= 0.3 is 0 Å². The predicted molar refractivity (Wildman–Crippen MR) is 34.0 cm³/mol. The second-order valence-electron chi connectivity index (χ2n) is 2.26. The summed E-state index contributed by atoms with van der Waals surface area (Å²) in [5.41, 5.74) is 0. The van der Waals surface area contributed by atoms with Gasteiger partial charge in [0.05, 0.1) is 18.8 Å². The second-order valence-corrected chi connectivity index (χ2v) is 2.26. The molecule has 3 nitrogen and oxygen atoms in total. The first kappa shape index (κ1) is 8.88. The van der Waals surface area contributed by atoms with Crippen LogP contribution in [-0.4, -0.2) is 34.1 Å². The van der Waals surface area contributed by atoms with E-state index in [0.717, 1.165) is 0 Å². The van der Waals surface area contributed by atoms with E-state index in [0.29, 0.717) is 12.8 Å². The third-order valence-electron chi connectivity index (χ3n) is 1.13. The van der Waals surface area contributed by atoms with Crippen molar-refractivity contribution in [1.29, 1.82) is 0 Å². The fourth-order valence-electron chi connectivity index (χ4n) is 0.525. The molecule has 0 aliphatic carbocycles. The van der Waals surface area contributed by atoms with Gasteiger partial charge in [-0.1, -0.05) is 0 Å².